The molecule has 0 heterocycles. The molecule has 0 aromatic rings. The van der Waals surface area contributed by atoms with Crippen molar-refractivity contribution in [2.24, 2.45) is 0 Å². The summed E-state index contributed by atoms with van der Waals surface area (Å²) in [5, 5.41) is -15.8. The van der Waals surface area contributed by atoms with Crippen molar-refractivity contribution < 1.29 is 87.1 Å². The van der Waals surface area contributed by atoms with E-state index >= 15 is 0 Å². The van der Waals surface area contributed by atoms with Gasteiger partial charge in [0, 0.05) is 0 Å². The summed E-state index contributed by atoms with van der Waals surface area (Å²) in [6.45, 7) is 0. The van der Waals surface area contributed by atoms with Crippen molar-refractivity contribution in [1.82, 2.24) is 4.13 Å². The van der Waals surface area contributed by atoms with Gasteiger partial charge in [-0.05, 0) is 0 Å². The van der Waals surface area contributed by atoms with Gasteiger partial charge < -0.3 is 0 Å². The maximum atomic E-state index is 13.2. The zero-order valence-corrected chi connectivity index (χ0v) is 14.1. The number of halogens is 16. The Balaban J connectivity index is 0. The Labute approximate surface area is 202 Å². The van der Waals surface area contributed by atoms with Crippen LogP contribution in [-0.2, 0) is 20.0 Å². The van der Waals surface area contributed by atoms with Crippen LogP contribution in [0.15, 0.2) is 0 Å². The first-order valence-electron chi connectivity index (χ1n) is 5.76. The van der Waals surface area contributed by atoms with Crippen molar-refractivity contribution in [3.8, 4) is 0 Å². The minimum atomic E-state index is -8.49. The Morgan fingerprint density at radius 1 is 0.419 bits per heavy atom. The third-order valence-electron chi connectivity index (χ3n) is 2.73. The Bertz CT molecular complexity index is 873. The fourth-order valence-corrected chi connectivity index (χ4v) is 4.02. The Kier molecular flexibility index (Phi) is 9.25. The predicted molar refractivity (Wildman–Crippen MR) is 65.0 cm³/mol. The van der Waals surface area contributed by atoms with Gasteiger partial charge >= 0.3 is 92.0 Å². The zero-order chi connectivity index (χ0) is 25.2. The van der Waals surface area contributed by atoms with Crippen molar-refractivity contribution in [3.05, 3.63) is 0 Å². The van der Waals surface area contributed by atoms with Crippen LogP contribution in [0.5, 0.6) is 0 Å². The molecular weight excluding hydrogens is 569 g/mol. The SMILES string of the molecule is O=S(=O)(NS(=O)(=O)C(F)(F)C(F)(F)C(F)(F)C(F)(F)F)C(F)(F)C(F)(F)C(F)(F)F.[KH]. The molecule has 0 rings (SSSR count). The van der Waals surface area contributed by atoms with Crippen LogP contribution in [-0.4, -0.2) is 109 Å². The van der Waals surface area contributed by atoms with Crippen LogP contribution in [0.1, 0.15) is 0 Å². The summed E-state index contributed by atoms with van der Waals surface area (Å²) in [5.74, 6) is -24.0. The topological polar surface area (TPSA) is 80.3 Å². The number of nitrogens with one attached hydrogen (secondary N) is 1. The molecule has 0 aliphatic heterocycles. The van der Waals surface area contributed by atoms with E-state index in [0.717, 1.165) is 0 Å². The van der Waals surface area contributed by atoms with Crippen LogP contribution in [0.4, 0.5) is 70.2 Å². The molecule has 0 unspecified atom stereocenters. The first-order chi connectivity index (χ1) is 12.5. The van der Waals surface area contributed by atoms with Crippen molar-refractivity contribution in [1.29, 1.82) is 0 Å². The molecular formula is C7H2F16KNO4S2. The van der Waals surface area contributed by atoms with Crippen molar-refractivity contribution >= 4 is 71.4 Å². The number of alkyl halides is 16. The van der Waals surface area contributed by atoms with E-state index in [2.05, 4.69) is 0 Å². The third kappa shape index (κ3) is 5.08. The second-order valence-corrected chi connectivity index (χ2v) is 8.55. The number of hydrogen-bond donors (Lipinski definition) is 1. The van der Waals surface area contributed by atoms with Gasteiger partial charge in [-0.1, -0.05) is 4.13 Å². The van der Waals surface area contributed by atoms with E-state index in [4.69, 9.17) is 0 Å². The molecule has 0 amide bonds. The normalized spacial score (nSPS) is 16.1. The summed E-state index contributed by atoms with van der Waals surface area (Å²) >= 11 is 0. The molecule has 0 aromatic heterocycles. The van der Waals surface area contributed by atoms with Crippen LogP contribution in [0.3, 0.4) is 0 Å². The molecule has 184 valence electrons. The van der Waals surface area contributed by atoms with E-state index in [9.17, 15) is 87.1 Å². The number of sulfonamides is 2. The van der Waals surface area contributed by atoms with E-state index in [1.54, 1.807) is 0 Å². The van der Waals surface area contributed by atoms with Gasteiger partial charge in [0.15, 0.2) is 0 Å². The monoisotopic (exact) mass is 571 g/mol. The molecule has 24 heteroatoms. The van der Waals surface area contributed by atoms with Gasteiger partial charge in [0.2, 0.25) is 0 Å². The van der Waals surface area contributed by atoms with Crippen LogP contribution in [0, 0.1) is 0 Å². The maximum absolute atomic E-state index is 13.2. The average Bonchev–Trinajstić information content (AvgIpc) is 2.42. The first kappa shape index (κ1) is 33.5. The van der Waals surface area contributed by atoms with Gasteiger partial charge in [0.1, 0.15) is 0 Å². The van der Waals surface area contributed by atoms with Crippen LogP contribution in [0.2, 0.25) is 0 Å². The fraction of sp³-hybridized carbons (Fsp3) is 1.00. The average molecular weight is 571 g/mol. The molecule has 0 radical (unpaired) electrons. The molecule has 0 fully saturated rings. The van der Waals surface area contributed by atoms with Crippen molar-refractivity contribution in [2.45, 2.75) is 40.6 Å². The van der Waals surface area contributed by atoms with Gasteiger partial charge in [-0.15, -0.1) is 0 Å². The Morgan fingerprint density at radius 2 is 0.645 bits per heavy atom. The molecule has 0 saturated carbocycles. The van der Waals surface area contributed by atoms with E-state index in [-0.39, 0.29) is 51.4 Å². The molecule has 0 aliphatic carbocycles. The first-order valence-corrected chi connectivity index (χ1v) is 8.72. The summed E-state index contributed by atoms with van der Waals surface area (Å²) in [7, 11) is -16.9. The second kappa shape index (κ2) is 8.55. The quantitative estimate of drug-likeness (QED) is 0.377. The molecule has 1 N–H and O–H groups in total. The molecule has 0 spiro atoms. The fourth-order valence-electron chi connectivity index (χ4n) is 1.11. The van der Waals surface area contributed by atoms with Crippen molar-refractivity contribution in [3.63, 3.8) is 0 Å². The standard InChI is InChI=1S/C7HF16NO4S2.K.H/c8-1(9,4(14,15)16)2(10,11)6(20,21)29(25,26)24-30(27,28)7(22,23)3(12,13)5(17,18)19;;/h24H;;. The molecule has 0 atom stereocenters. The van der Waals surface area contributed by atoms with E-state index in [0.29, 0.717) is 0 Å². The summed E-state index contributed by atoms with van der Waals surface area (Å²) < 4.78 is 241. The zero-order valence-electron chi connectivity index (χ0n) is 12.5. The van der Waals surface area contributed by atoms with Crippen LogP contribution >= 0.6 is 0 Å². The Morgan fingerprint density at radius 3 is 0.871 bits per heavy atom. The van der Waals surface area contributed by atoms with E-state index in [1.165, 1.54) is 0 Å². The van der Waals surface area contributed by atoms with Gasteiger partial charge in [0.05, 0.1) is 0 Å². The third-order valence-corrected chi connectivity index (χ3v) is 6.35. The molecule has 5 nitrogen and oxygen atoms in total. The number of rotatable bonds is 7. The van der Waals surface area contributed by atoms with E-state index in [1.807, 2.05) is 0 Å². The Hall–Kier alpha value is 0.376. The van der Waals surface area contributed by atoms with Crippen molar-refractivity contribution in [2.75, 3.05) is 0 Å². The van der Waals surface area contributed by atoms with Crippen LogP contribution in [0.25, 0.3) is 0 Å². The minimum absolute atomic E-state index is 0. The van der Waals surface area contributed by atoms with Crippen LogP contribution < -0.4 is 4.13 Å². The summed E-state index contributed by atoms with van der Waals surface area (Å²) in [6.07, 6.45) is -15.2. The molecule has 0 bridgehead atoms. The molecule has 0 aromatic carbocycles. The summed E-state index contributed by atoms with van der Waals surface area (Å²) in [4.78, 5) is 0. The van der Waals surface area contributed by atoms with Gasteiger partial charge in [-0.3, -0.25) is 0 Å². The predicted octanol–water partition coefficient (Wildman–Crippen LogP) is 2.80. The molecule has 0 saturated heterocycles. The van der Waals surface area contributed by atoms with Gasteiger partial charge in [-0.2, -0.15) is 70.2 Å². The van der Waals surface area contributed by atoms with Gasteiger partial charge in [0.25, 0.3) is 20.0 Å². The van der Waals surface area contributed by atoms with Gasteiger partial charge in [-0.25, -0.2) is 16.8 Å². The molecule has 0 aliphatic rings. The summed E-state index contributed by atoms with van der Waals surface area (Å²) in [6, 6.07) is 0. The van der Waals surface area contributed by atoms with E-state index < -0.39 is 64.8 Å². The number of hydrogen-bond acceptors (Lipinski definition) is 4. The molecule has 31 heavy (non-hydrogen) atoms. The summed E-state index contributed by atoms with van der Waals surface area (Å²) in [5.41, 5.74) is 0. The second-order valence-electron chi connectivity index (χ2n) is 4.84.